The SMILES string of the molecule is Cc1ncoc1C(=O)Nc1cc(Cl)nc(Cl)n1. The van der Waals surface area contributed by atoms with E-state index in [1.54, 1.807) is 6.92 Å². The molecule has 2 heterocycles. The lowest BCUT2D eigenvalue weighted by Crippen LogP contribution is -2.13. The van der Waals surface area contributed by atoms with E-state index in [0.717, 1.165) is 0 Å². The standard InChI is InChI=1S/C9H6Cl2N4O2/c1-4-7(17-3-12-4)8(16)14-6-2-5(10)13-9(11)15-6/h2-3H,1H3,(H,13,14,15,16). The minimum Gasteiger partial charge on any atom is -0.438 e. The van der Waals surface area contributed by atoms with Crippen LogP contribution in [0.5, 0.6) is 0 Å². The summed E-state index contributed by atoms with van der Waals surface area (Å²) in [5, 5.41) is 2.55. The zero-order valence-electron chi connectivity index (χ0n) is 8.57. The number of hydrogen-bond acceptors (Lipinski definition) is 5. The van der Waals surface area contributed by atoms with Crippen LogP contribution in [0.1, 0.15) is 16.2 Å². The summed E-state index contributed by atoms with van der Waals surface area (Å²) in [6.07, 6.45) is 1.18. The van der Waals surface area contributed by atoms with Crippen molar-refractivity contribution in [3.05, 3.63) is 34.4 Å². The Hall–Kier alpha value is -1.66. The Morgan fingerprint density at radius 1 is 1.41 bits per heavy atom. The zero-order chi connectivity index (χ0) is 12.4. The Labute approximate surface area is 106 Å². The van der Waals surface area contributed by atoms with Crippen LogP contribution in [0.3, 0.4) is 0 Å². The van der Waals surface area contributed by atoms with Crippen molar-refractivity contribution < 1.29 is 9.21 Å². The lowest BCUT2D eigenvalue weighted by Gasteiger charge is -2.02. The molecule has 0 radical (unpaired) electrons. The van der Waals surface area contributed by atoms with Gasteiger partial charge in [-0.2, -0.15) is 0 Å². The molecule has 0 fully saturated rings. The third kappa shape index (κ3) is 2.72. The van der Waals surface area contributed by atoms with Crippen molar-refractivity contribution in [1.82, 2.24) is 15.0 Å². The fourth-order valence-corrected chi connectivity index (χ4v) is 1.56. The molecule has 0 aromatic carbocycles. The van der Waals surface area contributed by atoms with Crippen LogP contribution in [0.4, 0.5) is 5.82 Å². The number of carbonyl (C=O) groups excluding carboxylic acids is 1. The van der Waals surface area contributed by atoms with E-state index in [-0.39, 0.29) is 22.0 Å². The number of halogens is 2. The lowest BCUT2D eigenvalue weighted by atomic mass is 10.3. The molecule has 2 aromatic heterocycles. The Morgan fingerprint density at radius 2 is 2.18 bits per heavy atom. The molecule has 6 nitrogen and oxygen atoms in total. The molecule has 88 valence electrons. The molecule has 0 aliphatic heterocycles. The van der Waals surface area contributed by atoms with Crippen LogP contribution in [-0.4, -0.2) is 20.9 Å². The number of anilines is 1. The first-order valence-corrected chi connectivity index (χ1v) is 5.23. The molecule has 2 rings (SSSR count). The first kappa shape index (κ1) is 11.8. The predicted octanol–water partition coefficient (Wildman–Crippen LogP) is 2.33. The van der Waals surface area contributed by atoms with Crippen LogP contribution in [-0.2, 0) is 0 Å². The quantitative estimate of drug-likeness (QED) is 0.670. The van der Waals surface area contributed by atoms with Gasteiger partial charge in [0.25, 0.3) is 5.91 Å². The fraction of sp³-hybridized carbons (Fsp3) is 0.111. The van der Waals surface area contributed by atoms with E-state index >= 15 is 0 Å². The first-order chi connectivity index (χ1) is 8.06. The van der Waals surface area contributed by atoms with Gasteiger partial charge >= 0.3 is 0 Å². The second kappa shape index (κ2) is 4.68. The van der Waals surface area contributed by atoms with Crippen molar-refractivity contribution in [2.24, 2.45) is 0 Å². The fourth-order valence-electron chi connectivity index (χ4n) is 1.15. The average molecular weight is 273 g/mol. The number of hydrogen-bond donors (Lipinski definition) is 1. The Bertz CT molecular complexity index is 550. The van der Waals surface area contributed by atoms with Gasteiger partial charge in [0.2, 0.25) is 11.0 Å². The summed E-state index contributed by atoms with van der Waals surface area (Å²) in [5.74, 6) is -0.183. The van der Waals surface area contributed by atoms with Gasteiger partial charge in [-0.3, -0.25) is 4.79 Å². The highest BCUT2D eigenvalue weighted by atomic mass is 35.5. The zero-order valence-corrected chi connectivity index (χ0v) is 10.1. The number of aryl methyl sites for hydroxylation is 1. The number of oxazole rings is 1. The van der Waals surface area contributed by atoms with Gasteiger partial charge in [-0.15, -0.1) is 0 Å². The second-order valence-corrected chi connectivity index (χ2v) is 3.79. The van der Waals surface area contributed by atoms with Gasteiger partial charge in [-0.25, -0.2) is 15.0 Å². The molecule has 1 N–H and O–H groups in total. The van der Waals surface area contributed by atoms with Crippen LogP contribution >= 0.6 is 23.2 Å². The maximum absolute atomic E-state index is 11.7. The molecule has 1 amide bonds. The third-order valence-corrected chi connectivity index (χ3v) is 2.22. The van der Waals surface area contributed by atoms with Gasteiger partial charge in [0.05, 0.1) is 5.69 Å². The summed E-state index contributed by atoms with van der Waals surface area (Å²) < 4.78 is 4.93. The number of nitrogens with one attached hydrogen (secondary N) is 1. The molecule has 2 aromatic rings. The molecule has 8 heteroatoms. The highest BCUT2D eigenvalue weighted by Gasteiger charge is 2.15. The van der Waals surface area contributed by atoms with Crippen LogP contribution in [0.25, 0.3) is 0 Å². The van der Waals surface area contributed by atoms with E-state index in [9.17, 15) is 4.79 Å². The predicted molar refractivity (Wildman–Crippen MR) is 61.2 cm³/mol. The summed E-state index contributed by atoms with van der Waals surface area (Å²) in [6, 6.07) is 1.37. The summed E-state index contributed by atoms with van der Waals surface area (Å²) in [4.78, 5) is 23.0. The summed E-state index contributed by atoms with van der Waals surface area (Å²) in [7, 11) is 0. The molecule has 0 spiro atoms. The van der Waals surface area contributed by atoms with Crippen molar-refractivity contribution in [2.45, 2.75) is 6.92 Å². The van der Waals surface area contributed by atoms with Gasteiger partial charge in [-0.1, -0.05) is 11.6 Å². The van der Waals surface area contributed by atoms with Crippen molar-refractivity contribution in [1.29, 1.82) is 0 Å². The third-order valence-electron chi connectivity index (χ3n) is 1.86. The average Bonchev–Trinajstić information content (AvgIpc) is 2.62. The Kier molecular flexibility index (Phi) is 3.26. The van der Waals surface area contributed by atoms with Gasteiger partial charge < -0.3 is 9.73 Å². The van der Waals surface area contributed by atoms with E-state index in [0.29, 0.717) is 5.69 Å². The lowest BCUT2D eigenvalue weighted by molar-refractivity contribution is 0.0995. The van der Waals surface area contributed by atoms with E-state index in [1.165, 1.54) is 12.5 Å². The Morgan fingerprint density at radius 3 is 2.76 bits per heavy atom. The van der Waals surface area contributed by atoms with Gasteiger partial charge in [0, 0.05) is 6.07 Å². The molecule has 0 saturated heterocycles. The molecule has 0 saturated carbocycles. The van der Waals surface area contributed by atoms with Crippen molar-refractivity contribution in [3.8, 4) is 0 Å². The smallest absolute Gasteiger partial charge is 0.294 e. The van der Waals surface area contributed by atoms with Crippen molar-refractivity contribution in [2.75, 3.05) is 5.32 Å². The topological polar surface area (TPSA) is 80.9 Å². The van der Waals surface area contributed by atoms with E-state index < -0.39 is 5.91 Å². The summed E-state index contributed by atoms with van der Waals surface area (Å²) in [6.45, 7) is 1.65. The minimum atomic E-state index is -0.481. The number of aromatic nitrogens is 3. The Balaban J connectivity index is 2.21. The van der Waals surface area contributed by atoms with Crippen LogP contribution < -0.4 is 5.32 Å². The molecule has 0 aliphatic carbocycles. The van der Waals surface area contributed by atoms with E-state index in [4.69, 9.17) is 27.6 Å². The molecule has 0 bridgehead atoms. The first-order valence-electron chi connectivity index (χ1n) is 4.48. The van der Waals surface area contributed by atoms with Gasteiger partial charge in [0.15, 0.2) is 6.39 Å². The summed E-state index contributed by atoms with van der Waals surface area (Å²) in [5.41, 5.74) is 0.480. The normalized spacial score (nSPS) is 10.3. The monoisotopic (exact) mass is 272 g/mol. The highest BCUT2D eigenvalue weighted by molar-refractivity contribution is 6.32. The summed E-state index contributed by atoms with van der Waals surface area (Å²) >= 11 is 11.3. The number of nitrogens with zero attached hydrogens (tertiary/aromatic N) is 3. The molecule has 0 atom stereocenters. The number of carbonyl (C=O) groups is 1. The minimum absolute atomic E-state index is 0.0536. The van der Waals surface area contributed by atoms with Crippen LogP contribution in [0, 0.1) is 6.92 Å². The van der Waals surface area contributed by atoms with E-state index in [2.05, 4.69) is 20.3 Å². The maximum Gasteiger partial charge on any atom is 0.294 e. The molecule has 17 heavy (non-hydrogen) atoms. The van der Waals surface area contributed by atoms with Gasteiger partial charge in [0.1, 0.15) is 11.0 Å². The van der Waals surface area contributed by atoms with Crippen molar-refractivity contribution >= 4 is 34.9 Å². The van der Waals surface area contributed by atoms with Gasteiger partial charge in [-0.05, 0) is 18.5 Å². The molecular formula is C9H6Cl2N4O2. The van der Waals surface area contributed by atoms with Crippen LogP contribution in [0.2, 0.25) is 10.4 Å². The second-order valence-electron chi connectivity index (χ2n) is 3.07. The molecule has 0 unspecified atom stereocenters. The van der Waals surface area contributed by atoms with Crippen LogP contribution in [0.15, 0.2) is 16.9 Å². The number of rotatable bonds is 2. The molecular weight excluding hydrogens is 267 g/mol. The molecule has 0 aliphatic rings. The van der Waals surface area contributed by atoms with Crippen molar-refractivity contribution in [3.63, 3.8) is 0 Å². The highest BCUT2D eigenvalue weighted by Crippen LogP contribution is 2.15. The maximum atomic E-state index is 11.7. The number of amides is 1. The van der Waals surface area contributed by atoms with E-state index in [1.807, 2.05) is 0 Å². The largest absolute Gasteiger partial charge is 0.438 e.